The van der Waals surface area contributed by atoms with Gasteiger partial charge in [0.1, 0.15) is 5.69 Å². The van der Waals surface area contributed by atoms with E-state index in [1.54, 1.807) is 0 Å². The summed E-state index contributed by atoms with van der Waals surface area (Å²) in [7, 11) is 0. The van der Waals surface area contributed by atoms with E-state index in [-0.39, 0.29) is 5.96 Å². The SMILES string of the molecule is NC(N)=[NH+]C(N)=[NH+]c1cccc2ccccc12. The number of fused-ring (bicyclic) bond motifs is 1. The molecule has 0 amide bonds. The van der Waals surface area contributed by atoms with Gasteiger partial charge in [-0.1, -0.05) is 36.4 Å². The molecule has 0 aromatic heterocycles. The van der Waals surface area contributed by atoms with Crippen LogP contribution in [0.1, 0.15) is 0 Å². The zero-order valence-electron chi connectivity index (χ0n) is 9.27. The summed E-state index contributed by atoms with van der Waals surface area (Å²) in [6.07, 6.45) is 0. The zero-order chi connectivity index (χ0) is 12.3. The van der Waals surface area contributed by atoms with E-state index in [2.05, 4.69) is 9.98 Å². The standard InChI is InChI=1S/C12H13N5/c13-11(14)17-12(15)16-10-7-3-5-8-4-1-2-6-9(8)10/h1-7H,(H6,13,14,15,16,17)/p+2. The molecule has 0 heterocycles. The van der Waals surface area contributed by atoms with Gasteiger partial charge in [0.25, 0.3) is 0 Å². The molecule has 17 heavy (non-hydrogen) atoms. The van der Waals surface area contributed by atoms with Crippen LogP contribution in [0.4, 0.5) is 5.69 Å². The van der Waals surface area contributed by atoms with Crippen LogP contribution in [0.25, 0.3) is 10.8 Å². The minimum atomic E-state index is 0.0511. The second-order valence-electron chi connectivity index (χ2n) is 3.65. The Morgan fingerprint density at radius 2 is 1.59 bits per heavy atom. The van der Waals surface area contributed by atoms with Gasteiger partial charge in [-0.25, -0.2) is 4.99 Å². The molecule has 8 N–H and O–H groups in total. The van der Waals surface area contributed by atoms with Crippen LogP contribution in [-0.2, 0) is 0 Å². The first-order valence-corrected chi connectivity index (χ1v) is 5.19. The summed E-state index contributed by atoms with van der Waals surface area (Å²) in [5, 5.41) is 2.21. The molecule has 0 fully saturated rings. The Hall–Kier alpha value is -2.56. The quantitative estimate of drug-likeness (QED) is 0.270. The van der Waals surface area contributed by atoms with Gasteiger partial charge in [-0.3, -0.25) is 17.2 Å². The van der Waals surface area contributed by atoms with E-state index in [4.69, 9.17) is 17.2 Å². The number of rotatable bonds is 1. The Labute approximate surface area is 98.7 Å². The van der Waals surface area contributed by atoms with Gasteiger partial charge < -0.3 is 0 Å². The first-order chi connectivity index (χ1) is 8.16. The minimum absolute atomic E-state index is 0.0511. The number of hydrogen-bond acceptors (Lipinski definition) is 0. The fraction of sp³-hybridized carbons (Fsp3) is 0. The van der Waals surface area contributed by atoms with Crippen LogP contribution in [0.2, 0.25) is 0 Å². The van der Waals surface area contributed by atoms with Crippen molar-refractivity contribution in [1.29, 1.82) is 0 Å². The molecule has 2 aromatic rings. The predicted molar refractivity (Wildman–Crippen MR) is 68.1 cm³/mol. The van der Waals surface area contributed by atoms with Gasteiger partial charge in [-0.15, -0.1) is 0 Å². The summed E-state index contributed by atoms with van der Waals surface area (Å²) in [6, 6.07) is 13.9. The molecule has 0 saturated heterocycles. The highest BCUT2D eigenvalue weighted by Crippen LogP contribution is 2.18. The molecule has 0 aliphatic carbocycles. The predicted octanol–water partition coefficient (Wildman–Crippen LogP) is -2.78. The van der Waals surface area contributed by atoms with Crippen LogP contribution in [0.15, 0.2) is 42.5 Å². The lowest BCUT2D eigenvalue weighted by molar-refractivity contribution is -0.458. The molecule has 0 unspecified atom stereocenters. The van der Waals surface area contributed by atoms with Crippen LogP contribution >= 0.6 is 0 Å². The average Bonchev–Trinajstić information content (AvgIpc) is 2.28. The van der Waals surface area contributed by atoms with Crippen molar-refractivity contribution >= 4 is 28.4 Å². The molecule has 0 radical (unpaired) electrons. The van der Waals surface area contributed by atoms with Crippen molar-refractivity contribution in [1.82, 2.24) is 0 Å². The van der Waals surface area contributed by atoms with Crippen molar-refractivity contribution < 1.29 is 9.98 Å². The van der Waals surface area contributed by atoms with Crippen molar-refractivity contribution in [2.75, 3.05) is 0 Å². The smallest absolute Gasteiger partial charge is 0.275 e. The number of nitrogens with two attached hydrogens (primary N) is 3. The fourth-order valence-corrected chi connectivity index (χ4v) is 1.67. The molecule has 0 aliphatic heterocycles. The van der Waals surface area contributed by atoms with Crippen LogP contribution in [0.5, 0.6) is 0 Å². The van der Waals surface area contributed by atoms with Crippen molar-refractivity contribution in [3.8, 4) is 0 Å². The molecule has 0 bridgehead atoms. The lowest BCUT2D eigenvalue weighted by atomic mass is 10.1. The second kappa shape index (κ2) is 4.52. The maximum absolute atomic E-state index is 5.71. The van der Waals surface area contributed by atoms with E-state index in [1.165, 1.54) is 0 Å². The molecule has 5 heteroatoms. The first kappa shape index (κ1) is 10.9. The maximum atomic E-state index is 5.71. The Kier molecular flexibility index (Phi) is 2.91. The van der Waals surface area contributed by atoms with Gasteiger partial charge in [-0.05, 0) is 11.5 Å². The molecule has 0 aliphatic rings. The highest BCUT2D eigenvalue weighted by atomic mass is 15.1. The van der Waals surface area contributed by atoms with Crippen LogP contribution in [0.3, 0.4) is 0 Å². The molecule has 2 rings (SSSR count). The summed E-state index contributed by atoms with van der Waals surface area (Å²) >= 11 is 0. The van der Waals surface area contributed by atoms with Gasteiger partial charge in [-0.2, -0.15) is 4.99 Å². The van der Waals surface area contributed by atoms with Crippen molar-refractivity contribution in [3.05, 3.63) is 42.5 Å². The number of nitrogens with one attached hydrogen (secondary N) is 2. The van der Waals surface area contributed by atoms with E-state index >= 15 is 0 Å². The summed E-state index contributed by atoms with van der Waals surface area (Å²) in [5.41, 5.74) is 17.2. The van der Waals surface area contributed by atoms with Crippen molar-refractivity contribution in [2.45, 2.75) is 0 Å². The van der Waals surface area contributed by atoms with Gasteiger partial charge >= 0.3 is 11.9 Å². The maximum Gasteiger partial charge on any atom is 0.390 e. The Morgan fingerprint density at radius 3 is 2.35 bits per heavy atom. The number of guanidine groups is 2. The Bertz CT molecular complexity index is 591. The lowest BCUT2D eigenvalue weighted by Gasteiger charge is -1.99. The van der Waals surface area contributed by atoms with Gasteiger partial charge in [0.15, 0.2) is 0 Å². The Morgan fingerprint density at radius 1 is 0.882 bits per heavy atom. The zero-order valence-corrected chi connectivity index (χ0v) is 9.27. The minimum Gasteiger partial charge on any atom is -0.275 e. The molecule has 2 aromatic carbocycles. The third kappa shape index (κ3) is 2.52. The lowest BCUT2D eigenvalue weighted by Crippen LogP contribution is -2.96. The summed E-state index contributed by atoms with van der Waals surface area (Å²) in [4.78, 5) is 5.63. The highest BCUT2D eigenvalue weighted by molar-refractivity contribution is 5.90. The molecule has 0 spiro atoms. The van der Waals surface area contributed by atoms with E-state index in [1.807, 2.05) is 42.5 Å². The normalized spacial score (nSPS) is 11.4. The molecule has 86 valence electrons. The molecular formula is C12H15N5+2. The molecule has 0 atom stereocenters. The molecule has 5 nitrogen and oxygen atoms in total. The van der Waals surface area contributed by atoms with Gasteiger partial charge in [0, 0.05) is 5.39 Å². The average molecular weight is 229 g/mol. The van der Waals surface area contributed by atoms with Crippen LogP contribution < -0.4 is 27.2 Å². The van der Waals surface area contributed by atoms with E-state index in [9.17, 15) is 0 Å². The summed E-state index contributed by atoms with van der Waals surface area (Å²) in [5.74, 6) is 0.344. The topological polar surface area (TPSA) is 106 Å². The summed E-state index contributed by atoms with van der Waals surface area (Å²) in [6.45, 7) is 0. The second-order valence-corrected chi connectivity index (χ2v) is 3.65. The monoisotopic (exact) mass is 229 g/mol. The summed E-state index contributed by atoms with van der Waals surface area (Å²) < 4.78 is 0. The molecular weight excluding hydrogens is 214 g/mol. The van der Waals surface area contributed by atoms with Crippen LogP contribution in [0, 0.1) is 0 Å². The number of hydrogen-bond donors (Lipinski definition) is 5. The fourth-order valence-electron chi connectivity index (χ4n) is 1.67. The van der Waals surface area contributed by atoms with Gasteiger partial charge in [0.2, 0.25) is 0 Å². The number of benzene rings is 2. The molecule has 0 saturated carbocycles. The van der Waals surface area contributed by atoms with Crippen molar-refractivity contribution in [2.24, 2.45) is 17.2 Å². The van der Waals surface area contributed by atoms with E-state index in [0.717, 1.165) is 16.5 Å². The largest absolute Gasteiger partial charge is 0.390 e. The van der Waals surface area contributed by atoms with E-state index in [0.29, 0.717) is 5.96 Å². The van der Waals surface area contributed by atoms with Gasteiger partial charge in [0.05, 0.1) is 0 Å². The Balaban J connectivity index is 2.53. The highest BCUT2D eigenvalue weighted by Gasteiger charge is 2.03. The third-order valence-corrected chi connectivity index (χ3v) is 2.34. The van der Waals surface area contributed by atoms with E-state index < -0.39 is 0 Å². The first-order valence-electron chi connectivity index (χ1n) is 5.19. The third-order valence-electron chi connectivity index (χ3n) is 2.34. The van der Waals surface area contributed by atoms with Crippen LogP contribution in [-0.4, -0.2) is 11.9 Å². The van der Waals surface area contributed by atoms with Crippen molar-refractivity contribution in [3.63, 3.8) is 0 Å².